The molecule has 0 unspecified atom stereocenters. The van der Waals surface area contributed by atoms with Crippen molar-refractivity contribution in [3.05, 3.63) is 35.8 Å². The third-order valence-electron chi connectivity index (χ3n) is 3.06. The molecule has 0 amide bonds. The van der Waals surface area contributed by atoms with Crippen molar-refractivity contribution in [2.75, 3.05) is 14.1 Å². The summed E-state index contributed by atoms with van der Waals surface area (Å²) in [5.74, 6) is 0.0316. The molecule has 0 saturated carbocycles. The molecule has 0 aromatic carbocycles. The molecule has 2 rings (SSSR count). The molecule has 0 radical (unpaired) electrons. The Bertz CT molecular complexity index is 620. The fourth-order valence-corrected chi connectivity index (χ4v) is 2.18. The van der Waals surface area contributed by atoms with Crippen LogP contribution in [0.15, 0.2) is 24.4 Å². The van der Waals surface area contributed by atoms with E-state index in [0.717, 1.165) is 5.65 Å². The van der Waals surface area contributed by atoms with Gasteiger partial charge in [0.2, 0.25) is 5.69 Å². The van der Waals surface area contributed by atoms with Gasteiger partial charge in [-0.3, -0.25) is 0 Å². The van der Waals surface area contributed by atoms with E-state index in [0.29, 0.717) is 11.6 Å². The number of hydrogen-bond acceptors (Lipinski definition) is 3. The molecule has 2 aromatic heterocycles. The van der Waals surface area contributed by atoms with E-state index in [-0.39, 0.29) is 29.9 Å². The summed E-state index contributed by atoms with van der Waals surface area (Å²) in [6, 6.07) is 5.62. The van der Waals surface area contributed by atoms with Gasteiger partial charge < -0.3 is 28.8 Å². The molecule has 0 bridgehead atoms. The third kappa shape index (κ3) is 3.12. The quantitative estimate of drug-likeness (QED) is 0.366. The van der Waals surface area contributed by atoms with Crippen molar-refractivity contribution in [3.8, 4) is 0 Å². The Hall–Kier alpha value is -1.15. The second-order valence-corrected chi connectivity index (χ2v) is 5.10. The van der Waals surface area contributed by atoms with E-state index in [9.17, 15) is 4.79 Å². The highest BCUT2D eigenvalue weighted by Gasteiger charge is 2.23. The van der Waals surface area contributed by atoms with Crippen molar-refractivity contribution in [3.63, 3.8) is 0 Å². The van der Waals surface area contributed by atoms with Crippen LogP contribution < -0.4 is 28.4 Å². The number of nitrogens with zero attached hydrogens (tertiary/aromatic N) is 3. The Morgan fingerprint density at radius 3 is 2.55 bits per heavy atom. The van der Waals surface area contributed by atoms with Crippen LogP contribution in [0.25, 0.3) is 5.65 Å². The molecule has 0 aliphatic rings. The van der Waals surface area contributed by atoms with Crippen molar-refractivity contribution >= 4 is 11.6 Å². The first-order valence-corrected chi connectivity index (χ1v) is 6.31. The minimum absolute atomic E-state index is 0. The zero-order valence-corrected chi connectivity index (χ0v) is 14.6. The topological polar surface area (TPSA) is 38.6 Å². The molecule has 0 N–H and O–H groups in total. The average molecular weight is 389 g/mol. The van der Waals surface area contributed by atoms with Crippen LogP contribution >= 0.6 is 0 Å². The van der Waals surface area contributed by atoms with Crippen LogP contribution in [0.4, 0.5) is 0 Å². The van der Waals surface area contributed by atoms with E-state index in [1.54, 1.807) is 20.2 Å². The summed E-state index contributed by atoms with van der Waals surface area (Å²) in [5.41, 5.74) is 2.66. The van der Waals surface area contributed by atoms with Gasteiger partial charge in [0, 0.05) is 26.1 Å². The van der Waals surface area contributed by atoms with E-state index in [4.69, 9.17) is 4.84 Å². The minimum Gasteiger partial charge on any atom is -1.00 e. The Balaban J connectivity index is 0.00000200. The summed E-state index contributed by atoms with van der Waals surface area (Å²) in [6.45, 7) is 4.26. The predicted octanol–water partition coefficient (Wildman–Crippen LogP) is -1.48. The van der Waals surface area contributed by atoms with Crippen molar-refractivity contribution in [2.24, 2.45) is 7.05 Å². The van der Waals surface area contributed by atoms with E-state index >= 15 is 0 Å². The van der Waals surface area contributed by atoms with Gasteiger partial charge in [-0.15, -0.1) is 5.06 Å². The smallest absolute Gasteiger partial charge is 0.397 e. The maximum Gasteiger partial charge on any atom is 0.397 e. The number of imidazole rings is 1. The number of aryl methyl sites for hydroxylation is 1. The molecule has 0 aliphatic carbocycles. The second kappa shape index (κ2) is 6.53. The molecular weight excluding hydrogens is 369 g/mol. The van der Waals surface area contributed by atoms with E-state index in [1.165, 1.54) is 10.8 Å². The molecule has 0 aliphatic heterocycles. The van der Waals surface area contributed by atoms with Crippen LogP contribution in [0.3, 0.4) is 0 Å². The van der Waals surface area contributed by atoms with Gasteiger partial charge in [0.25, 0.3) is 5.65 Å². The normalized spacial score (nSPS) is 10.9. The summed E-state index contributed by atoms with van der Waals surface area (Å²) >= 11 is 0. The molecule has 0 atom stereocenters. The van der Waals surface area contributed by atoms with Gasteiger partial charge in [-0.05, 0) is 12.1 Å². The van der Waals surface area contributed by atoms with Gasteiger partial charge in [-0.2, -0.15) is 4.40 Å². The third-order valence-corrected chi connectivity index (χ3v) is 3.06. The van der Waals surface area contributed by atoms with E-state index in [2.05, 4.69) is 18.4 Å². The maximum absolute atomic E-state index is 12.1. The van der Waals surface area contributed by atoms with Crippen molar-refractivity contribution in [1.29, 1.82) is 0 Å². The molecule has 0 spiro atoms. The standard InChI is InChI=1S/C14H20N3O2.HI/c1-10(2)12-9-17-11(14(18)19-15(3)4)7-6-8-13(17)16(12)5;/h6-10H,1-5H3;1H/q+1;/p-1. The molecular formula is C14H20IN3O2. The van der Waals surface area contributed by atoms with Crippen LogP contribution in [0.2, 0.25) is 0 Å². The number of fused-ring (bicyclic) bond motifs is 1. The summed E-state index contributed by atoms with van der Waals surface area (Å²) in [6.07, 6.45) is 1.99. The van der Waals surface area contributed by atoms with Crippen LogP contribution in [0.5, 0.6) is 0 Å². The van der Waals surface area contributed by atoms with Crippen LogP contribution in [-0.2, 0) is 11.9 Å². The number of carbonyl (C=O) groups excluding carboxylic acids is 1. The lowest BCUT2D eigenvalue weighted by molar-refractivity contribution is -0.515. The highest BCUT2D eigenvalue weighted by Crippen LogP contribution is 2.15. The largest absolute Gasteiger partial charge is 1.00 e. The molecule has 20 heavy (non-hydrogen) atoms. The molecule has 6 heteroatoms. The van der Waals surface area contributed by atoms with Gasteiger partial charge >= 0.3 is 5.97 Å². The number of rotatable bonds is 3. The first-order valence-electron chi connectivity index (χ1n) is 6.31. The Kier molecular flexibility index (Phi) is 5.52. The van der Waals surface area contributed by atoms with Crippen LogP contribution in [0, 0.1) is 0 Å². The van der Waals surface area contributed by atoms with Gasteiger partial charge in [-0.25, -0.2) is 9.36 Å². The summed E-state index contributed by atoms with van der Waals surface area (Å²) in [4.78, 5) is 17.2. The summed E-state index contributed by atoms with van der Waals surface area (Å²) < 4.78 is 3.97. The Morgan fingerprint density at radius 2 is 2.00 bits per heavy atom. The molecule has 110 valence electrons. The fraction of sp³-hybridized carbons (Fsp3) is 0.429. The summed E-state index contributed by atoms with van der Waals surface area (Å²) in [7, 11) is 5.38. The maximum atomic E-state index is 12.1. The van der Waals surface area contributed by atoms with Crippen molar-refractivity contribution < 1.29 is 38.0 Å². The minimum atomic E-state index is -0.360. The number of hydrogen-bond donors (Lipinski definition) is 0. The predicted molar refractivity (Wildman–Crippen MR) is 71.8 cm³/mol. The van der Waals surface area contributed by atoms with Crippen molar-refractivity contribution in [2.45, 2.75) is 19.8 Å². The SMILES string of the molecule is CC(C)c1c[n+]2c(C(=O)ON(C)C)cccc2n1C.[I-]. The zero-order chi connectivity index (χ0) is 14.2. The lowest BCUT2D eigenvalue weighted by Gasteiger charge is -2.08. The number of hydroxylamine groups is 2. The van der Waals surface area contributed by atoms with Gasteiger partial charge in [0.1, 0.15) is 11.9 Å². The number of pyridine rings is 1. The van der Waals surface area contributed by atoms with Crippen molar-refractivity contribution in [1.82, 2.24) is 9.63 Å². The van der Waals surface area contributed by atoms with Gasteiger partial charge in [0.05, 0.1) is 7.05 Å². The molecule has 5 nitrogen and oxygen atoms in total. The summed E-state index contributed by atoms with van der Waals surface area (Å²) in [5, 5.41) is 1.40. The van der Waals surface area contributed by atoms with E-state index in [1.807, 2.05) is 29.8 Å². The average Bonchev–Trinajstić information content (AvgIpc) is 2.66. The lowest BCUT2D eigenvalue weighted by atomic mass is 10.1. The number of halogens is 1. The van der Waals surface area contributed by atoms with Gasteiger partial charge in [0.15, 0.2) is 0 Å². The number of carbonyl (C=O) groups is 1. The van der Waals surface area contributed by atoms with Crippen LogP contribution in [-0.4, -0.2) is 29.7 Å². The monoisotopic (exact) mass is 389 g/mol. The molecule has 2 aromatic rings. The molecule has 0 saturated heterocycles. The van der Waals surface area contributed by atoms with Crippen LogP contribution in [0.1, 0.15) is 35.9 Å². The van der Waals surface area contributed by atoms with Gasteiger partial charge in [-0.1, -0.05) is 13.8 Å². The highest BCUT2D eigenvalue weighted by atomic mass is 127. The number of aromatic nitrogens is 2. The Morgan fingerprint density at radius 1 is 1.35 bits per heavy atom. The van der Waals surface area contributed by atoms with E-state index < -0.39 is 0 Å². The first kappa shape index (κ1) is 16.9. The Labute approximate surface area is 136 Å². The second-order valence-electron chi connectivity index (χ2n) is 5.10. The zero-order valence-electron chi connectivity index (χ0n) is 12.4. The highest BCUT2D eigenvalue weighted by molar-refractivity contribution is 5.85. The molecule has 0 fully saturated rings. The fourth-order valence-electron chi connectivity index (χ4n) is 2.18. The first-order chi connectivity index (χ1) is 8.91. The lowest BCUT2D eigenvalue weighted by Crippen LogP contribution is -3.00. The molecule has 2 heterocycles.